The molecule has 0 saturated carbocycles. The number of ether oxygens (including phenoxy) is 2. The maximum atomic E-state index is 13.2. The fraction of sp³-hybridized carbons (Fsp3) is 0.222. The Morgan fingerprint density at radius 3 is 2.58 bits per heavy atom. The lowest BCUT2D eigenvalue weighted by Gasteiger charge is -2.21. The highest BCUT2D eigenvalue weighted by Gasteiger charge is 2.19. The lowest BCUT2D eigenvalue weighted by molar-refractivity contribution is -0.117. The molecule has 0 bridgehead atoms. The summed E-state index contributed by atoms with van der Waals surface area (Å²) in [6.45, 7) is 1.62. The molecule has 0 atom stereocenters. The third-order valence-electron chi connectivity index (χ3n) is 3.81. The van der Waals surface area contributed by atoms with E-state index in [0.29, 0.717) is 17.2 Å². The van der Waals surface area contributed by atoms with Gasteiger partial charge >= 0.3 is 0 Å². The van der Waals surface area contributed by atoms with Gasteiger partial charge in [0.05, 0.1) is 0 Å². The number of amides is 2. The number of carbonyl (C=O) groups is 2. The number of carbonyl (C=O) groups excluding carboxylic acids is 2. The lowest BCUT2D eigenvalue weighted by Crippen LogP contribution is -2.31. The minimum Gasteiger partial charge on any atom is -0.454 e. The minimum absolute atomic E-state index is 0.0208. The second kappa shape index (κ2) is 7.38. The zero-order valence-electron chi connectivity index (χ0n) is 13.9. The third kappa shape index (κ3) is 3.90. The van der Waals surface area contributed by atoms with Crippen LogP contribution in [0.25, 0.3) is 0 Å². The Morgan fingerprint density at radius 2 is 1.85 bits per heavy atom. The van der Waals surface area contributed by atoms with Crippen LogP contribution in [0.5, 0.6) is 11.5 Å². The molecule has 3 rings (SSSR count). The summed E-state index contributed by atoms with van der Waals surface area (Å²) in [6, 6.07) is 8.14. The van der Waals surface area contributed by atoms with Gasteiger partial charge in [-0.3, -0.25) is 9.59 Å². The molecule has 136 valence electrons. The predicted octanol–water partition coefficient (Wildman–Crippen LogP) is 3.08. The molecule has 0 radical (unpaired) electrons. The molecule has 6 nitrogen and oxygen atoms in total. The molecule has 0 aliphatic carbocycles. The molecule has 0 spiro atoms. The van der Waals surface area contributed by atoms with E-state index in [1.807, 2.05) is 0 Å². The summed E-state index contributed by atoms with van der Waals surface area (Å²) in [4.78, 5) is 25.4. The number of anilines is 2. The summed E-state index contributed by atoms with van der Waals surface area (Å²) in [5.41, 5.74) is 0.716. The van der Waals surface area contributed by atoms with Crippen LogP contribution in [0.15, 0.2) is 36.4 Å². The van der Waals surface area contributed by atoms with Crippen molar-refractivity contribution in [3.8, 4) is 11.5 Å². The summed E-state index contributed by atoms with van der Waals surface area (Å²) in [6.07, 6.45) is -0.0208. The first kappa shape index (κ1) is 17.7. The number of nitrogens with one attached hydrogen (secondary N) is 1. The third-order valence-corrected chi connectivity index (χ3v) is 3.81. The Kier molecular flexibility index (Phi) is 5.01. The Morgan fingerprint density at radius 1 is 1.08 bits per heavy atom. The fourth-order valence-electron chi connectivity index (χ4n) is 2.53. The highest BCUT2D eigenvalue weighted by atomic mass is 19.2. The number of nitrogens with zero attached hydrogens (tertiary/aromatic N) is 1. The average Bonchev–Trinajstić information content (AvgIpc) is 3.06. The first-order valence-corrected chi connectivity index (χ1v) is 7.86. The maximum Gasteiger partial charge on any atom is 0.231 e. The van der Waals surface area contributed by atoms with Crippen LogP contribution >= 0.6 is 0 Å². The van der Waals surface area contributed by atoms with E-state index in [2.05, 4.69) is 5.32 Å². The van der Waals surface area contributed by atoms with Crippen molar-refractivity contribution in [2.45, 2.75) is 13.3 Å². The monoisotopic (exact) mass is 362 g/mol. The van der Waals surface area contributed by atoms with E-state index in [4.69, 9.17) is 9.47 Å². The molecule has 1 N–H and O–H groups in total. The maximum absolute atomic E-state index is 13.2. The van der Waals surface area contributed by atoms with Crippen LogP contribution in [-0.4, -0.2) is 25.2 Å². The Balaban J connectivity index is 1.64. The minimum atomic E-state index is -1.05. The van der Waals surface area contributed by atoms with Gasteiger partial charge in [0.2, 0.25) is 18.6 Å². The molecule has 2 aromatic rings. The van der Waals surface area contributed by atoms with Gasteiger partial charge in [0.1, 0.15) is 0 Å². The van der Waals surface area contributed by atoms with Gasteiger partial charge in [0.25, 0.3) is 0 Å². The van der Waals surface area contributed by atoms with Crippen LogP contribution in [0.3, 0.4) is 0 Å². The van der Waals surface area contributed by atoms with Crippen molar-refractivity contribution in [1.82, 2.24) is 0 Å². The van der Waals surface area contributed by atoms with Crippen molar-refractivity contribution in [2.24, 2.45) is 0 Å². The largest absolute Gasteiger partial charge is 0.454 e. The SMILES string of the molecule is CC(=O)N(CCC(=O)Nc1ccc(F)c(F)c1)c1ccc2c(c1)OCO2. The van der Waals surface area contributed by atoms with Crippen LogP contribution in [-0.2, 0) is 9.59 Å². The lowest BCUT2D eigenvalue weighted by atomic mass is 10.2. The number of hydrogen-bond acceptors (Lipinski definition) is 4. The molecule has 1 heterocycles. The fourth-order valence-corrected chi connectivity index (χ4v) is 2.53. The van der Waals surface area contributed by atoms with Gasteiger partial charge < -0.3 is 19.7 Å². The van der Waals surface area contributed by atoms with Gasteiger partial charge in [-0.05, 0) is 24.3 Å². The number of halogens is 2. The van der Waals surface area contributed by atoms with Crippen LogP contribution in [0.4, 0.5) is 20.2 Å². The molecule has 8 heteroatoms. The van der Waals surface area contributed by atoms with Gasteiger partial charge in [-0.2, -0.15) is 0 Å². The van der Waals surface area contributed by atoms with E-state index < -0.39 is 17.5 Å². The standard InChI is InChI=1S/C18H16F2N2O4/c1-11(23)22(13-3-5-16-17(9-13)26-10-25-16)7-6-18(24)21-12-2-4-14(19)15(20)8-12/h2-5,8-9H,6-7,10H2,1H3,(H,21,24). The van der Waals surface area contributed by atoms with Crippen LogP contribution in [0.2, 0.25) is 0 Å². The van der Waals surface area contributed by atoms with Crippen molar-refractivity contribution >= 4 is 23.2 Å². The van der Waals surface area contributed by atoms with Gasteiger partial charge in [-0.15, -0.1) is 0 Å². The molecule has 2 amide bonds. The van der Waals surface area contributed by atoms with Gasteiger partial charge in [0.15, 0.2) is 23.1 Å². The molecule has 0 unspecified atom stereocenters. The summed E-state index contributed by atoms with van der Waals surface area (Å²) in [5.74, 6) is -1.59. The number of fused-ring (bicyclic) bond motifs is 1. The van der Waals surface area contributed by atoms with Gasteiger partial charge in [0, 0.05) is 43.4 Å². The summed E-state index contributed by atoms with van der Waals surface area (Å²) in [5, 5.41) is 2.47. The van der Waals surface area contributed by atoms with E-state index in [1.165, 1.54) is 17.9 Å². The molecule has 2 aromatic carbocycles. The summed E-state index contributed by atoms with van der Waals surface area (Å²) in [7, 11) is 0. The molecule has 1 aliphatic heterocycles. The quantitative estimate of drug-likeness (QED) is 0.888. The van der Waals surface area contributed by atoms with Crippen molar-refractivity contribution < 1.29 is 27.8 Å². The highest BCUT2D eigenvalue weighted by Crippen LogP contribution is 2.35. The average molecular weight is 362 g/mol. The van der Waals surface area contributed by atoms with Crippen LogP contribution in [0.1, 0.15) is 13.3 Å². The molecule has 0 fully saturated rings. The topological polar surface area (TPSA) is 67.9 Å². The van der Waals surface area contributed by atoms with Crippen molar-refractivity contribution in [1.29, 1.82) is 0 Å². The van der Waals surface area contributed by atoms with E-state index >= 15 is 0 Å². The highest BCUT2D eigenvalue weighted by molar-refractivity contribution is 5.95. The molecule has 0 saturated heterocycles. The number of rotatable bonds is 5. The van der Waals surface area contributed by atoms with Crippen molar-refractivity contribution in [3.63, 3.8) is 0 Å². The summed E-state index contributed by atoms with van der Waals surface area (Å²) < 4.78 is 36.6. The smallest absolute Gasteiger partial charge is 0.231 e. The zero-order valence-corrected chi connectivity index (χ0v) is 13.9. The van der Waals surface area contributed by atoms with E-state index in [1.54, 1.807) is 18.2 Å². The van der Waals surface area contributed by atoms with Gasteiger partial charge in [-0.1, -0.05) is 0 Å². The second-order valence-corrected chi connectivity index (χ2v) is 5.64. The Hall–Kier alpha value is -3.16. The number of benzene rings is 2. The normalized spacial score (nSPS) is 12.0. The molecule has 26 heavy (non-hydrogen) atoms. The predicted molar refractivity (Wildman–Crippen MR) is 90.2 cm³/mol. The van der Waals surface area contributed by atoms with Crippen molar-refractivity contribution in [3.05, 3.63) is 48.0 Å². The molecular weight excluding hydrogens is 346 g/mol. The Bertz CT molecular complexity index is 857. The first-order valence-electron chi connectivity index (χ1n) is 7.86. The van der Waals surface area contributed by atoms with Crippen LogP contribution < -0.4 is 19.7 Å². The first-order chi connectivity index (χ1) is 12.4. The van der Waals surface area contributed by atoms with E-state index in [-0.39, 0.29) is 31.4 Å². The Labute approximate surface area is 148 Å². The number of hydrogen-bond donors (Lipinski definition) is 1. The molecular formula is C18H16F2N2O4. The van der Waals surface area contributed by atoms with Gasteiger partial charge in [-0.25, -0.2) is 8.78 Å². The zero-order chi connectivity index (χ0) is 18.7. The van der Waals surface area contributed by atoms with Crippen LogP contribution in [0, 0.1) is 11.6 Å². The molecule has 0 aromatic heterocycles. The second-order valence-electron chi connectivity index (χ2n) is 5.64. The van der Waals surface area contributed by atoms with Crippen molar-refractivity contribution in [2.75, 3.05) is 23.6 Å². The van der Waals surface area contributed by atoms with E-state index in [0.717, 1.165) is 12.1 Å². The summed E-state index contributed by atoms with van der Waals surface area (Å²) >= 11 is 0. The molecule has 1 aliphatic rings. The van der Waals surface area contributed by atoms with E-state index in [9.17, 15) is 18.4 Å².